The Kier molecular flexibility index (Phi) is 57.6. The highest BCUT2D eigenvalue weighted by atomic mass is 31.2. The van der Waals surface area contributed by atoms with Gasteiger partial charge in [-0.2, -0.15) is 0 Å². The van der Waals surface area contributed by atoms with Crippen molar-refractivity contribution >= 4 is 19.7 Å². The summed E-state index contributed by atoms with van der Waals surface area (Å²) in [6.07, 6.45) is 73.7. The maximum absolute atomic E-state index is 13.5. The van der Waals surface area contributed by atoms with E-state index in [0.717, 1.165) is 77.0 Å². The minimum atomic E-state index is -4.70. The summed E-state index contributed by atoms with van der Waals surface area (Å²) in [7, 11) is 1.19. The highest BCUT2D eigenvalue weighted by Crippen LogP contribution is 2.38. The number of allylic oxidation sites excluding steroid dienone is 7. The zero-order valence-corrected chi connectivity index (χ0v) is 54.0. The molecule has 9 nitrogen and oxygen atoms in total. The van der Waals surface area contributed by atoms with Gasteiger partial charge in [-0.05, 0) is 89.5 Å². The quantitative estimate of drug-likeness (QED) is 0.0212. The van der Waals surface area contributed by atoms with Gasteiger partial charge >= 0.3 is 5.97 Å². The number of carbonyl (C=O) groups is 2. The first kappa shape index (κ1) is 77.0. The van der Waals surface area contributed by atoms with Crippen molar-refractivity contribution in [2.75, 3.05) is 40.9 Å². The largest absolute Gasteiger partial charge is 0.756 e. The van der Waals surface area contributed by atoms with Gasteiger partial charge in [-0.1, -0.05) is 275 Å². The number of esters is 1. The number of ether oxygens (including phenoxy) is 1. The van der Waals surface area contributed by atoms with Crippen LogP contribution in [0.2, 0.25) is 0 Å². The molecule has 0 saturated heterocycles. The van der Waals surface area contributed by atoms with Gasteiger partial charge in [0.15, 0.2) is 0 Å². The molecular weight excluding hydrogens is 1000 g/mol. The first-order valence-electron chi connectivity index (χ1n) is 33.9. The van der Waals surface area contributed by atoms with Crippen LogP contribution in [0.15, 0.2) is 48.6 Å². The molecule has 0 aliphatic heterocycles. The summed E-state index contributed by atoms with van der Waals surface area (Å²) in [4.78, 5) is 40.1. The van der Waals surface area contributed by atoms with Crippen molar-refractivity contribution in [3.8, 4) is 0 Å². The molecule has 3 atom stereocenters. The molecule has 1 amide bonds. The number of quaternary nitrogens is 1. The summed E-state index contributed by atoms with van der Waals surface area (Å²) < 4.78 is 30.4. The van der Waals surface area contributed by atoms with E-state index in [9.17, 15) is 19.0 Å². The first-order valence-corrected chi connectivity index (χ1v) is 35.4. The van der Waals surface area contributed by atoms with Crippen molar-refractivity contribution in [1.29, 1.82) is 0 Å². The van der Waals surface area contributed by atoms with Crippen LogP contribution in [0.5, 0.6) is 0 Å². The van der Waals surface area contributed by atoms with Crippen LogP contribution < -0.4 is 10.2 Å². The van der Waals surface area contributed by atoms with Gasteiger partial charge in [-0.3, -0.25) is 14.2 Å². The van der Waals surface area contributed by atoms with E-state index >= 15 is 0 Å². The van der Waals surface area contributed by atoms with Gasteiger partial charge in [-0.15, -0.1) is 0 Å². The molecule has 0 saturated carbocycles. The maximum Gasteiger partial charge on any atom is 0.306 e. The molecular formula is C69H131N2O7P. The molecule has 464 valence electrons. The number of nitrogens with zero attached hydrogens (tertiary/aromatic N) is 1. The fourth-order valence-electron chi connectivity index (χ4n) is 9.96. The highest BCUT2D eigenvalue weighted by Gasteiger charge is 2.27. The molecule has 0 heterocycles. The van der Waals surface area contributed by atoms with Crippen LogP contribution in [-0.2, 0) is 27.9 Å². The Hall–Kier alpha value is -2.03. The zero-order valence-electron chi connectivity index (χ0n) is 53.1. The van der Waals surface area contributed by atoms with E-state index in [1.165, 1.54) is 218 Å². The SMILES string of the molecule is CCCCC/C=C\C/C=C\CCCCCCCCCCCCCCCCCC(=O)OC(/C=C\CCCCCCCCCCC)C(COP(=O)([O-])OCC[N+](C)(C)C)NC(=O)CCCCCCCCC/C=C/CCCCCCCC. The normalized spacial score (nSPS) is 13.9. The van der Waals surface area contributed by atoms with Crippen LogP contribution in [0.25, 0.3) is 0 Å². The highest BCUT2D eigenvalue weighted by molar-refractivity contribution is 7.45. The van der Waals surface area contributed by atoms with Crippen molar-refractivity contribution in [2.24, 2.45) is 0 Å². The second-order valence-electron chi connectivity index (χ2n) is 24.3. The lowest BCUT2D eigenvalue weighted by molar-refractivity contribution is -0.870. The summed E-state index contributed by atoms with van der Waals surface area (Å²) >= 11 is 0. The number of rotatable bonds is 62. The number of nitrogens with one attached hydrogen (secondary N) is 1. The van der Waals surface area contributed by atoms with Crippen LogP contribution in [0.4, 0.5) is 0 Å². The molecule has 0 aliphatic carbocycles. The number of phosphoric acid groups is 1. The molecule has 3 unspecified atom stereocenters. The smallest absolute Gasteiger partial charge is 0.306 e. The minimum Gasteiger partial charge on any atom is -0.756 e. The lowest BCUT2D eigenvalue weighted by atomic mass is 10.0. The monoisotopic (exact) mass is 1130 g/mol. The number of likely N-dealkylation sites (N-methyl/N-ethyl adjacent to an activating group) is 1. The molecule has 0 rings (SSSR count). The third-order valence-electron chi connectivity index (χ3n) is 15.2. The zero-order chi connectivity index (χ0) is 57.9. The van der Waals surface area contributed by atoms with E-state index in [-0.39, 0.29) is 31.5 Å². The van der Waals surface area contributed by atoms with Gasteiger partial charge in [0.25, 0.3) is 7.82 Å². The van der Waals surface area contributed by atoms with E-state index in [2.05, 4.69) is 62.5 Å². The van der Waals surface area contributed by atoms with Gasteiger partial charge in [-0.25, -0.2) is 0 Å². The van der Waals surface area contributed by atoms with Crippen LogP contribution in [-0.4, -0.2) is 69.4 Å². The molecule has 0 aromatic carbocycles. The number of amides is 1. The van der Waals surface area contributed by atoms with Gasteiger partial charge in [0.05, 0.1) is 33.8 Å². The van der Waals surface area contributed by atoms with Crippen molar-refractivity contribution in [2.45, 2.75) is 341 Å². The Morgan fingerprint density at radius 1 is 0.443 bits per heavy atom. The van der Waals surface area contributed by atoms with Gasteiger partial charge < -0.3 is 28.5 Å². The maximum atomic E-state index is 13.5. The van der Waals surface area contributed by atoms with E-state index < -0.39 is 20.0 Å². The Bertz CT molecular complexity index is 1490. The molecule has 0 aromatic heterocycles. The molecule has 0 bridgehead atoms. The van der Waals surface area contributed by atoms with Crippen molar-refractivity contribution in [3.05, 3.63) is 48.6 Å². The van der Waals surface area contributed by atoms with E-state index in [4.69, 9.17) is 13.8 Å². The predicted octanol–water partition coefficient (Wildman–Crippen LogP) is 20.6. The van der Waals surface area contributed by atoms with Crippen molar-refractivity contribution in [3.63, 3.8) is 0 Å². The second-order valence-corrected chi connectivity index (χ2v) is 25.7. The summed E-state index contributed by atoms with van der Waals surface area (Å²) in [5, 5.41) is 3.04. The Balaban J connectivity index is 5.03. The molecule has 79 heavy (non-hydrogen) atoms. The van der Waals surface area contributed by atoms with Crippen LogP contribution in [0, 0.1) is 0 Å². The summed E-state index contributed by atoms with van der Waals surface area (Å²) in [6, 6.07) is -0.889. The van der Waals surface area contributed by atoms with E-state index in [1.54, 1.807) is 0 Å². The molecule has 1 N–H and O–H groups in total. The number of phosphoric ester groups is 1. The molecule has 0 aliphatic rings. The number of hydrogen-bond donors (Lipinski definition) is 1. The van der Waals surface area contributed by atoms with Crippen LogP contribution in [0.1, 0.15) is 329 Å². The predicted molar refractivity (Wildman–Crippen MR) is 339 cm³/mol. The van der Waals surface area contributed by atoms with E-state index in [1.807, 2.05) is 33.3 Å². The summed E-state index contributed by atoms with van der Waals surface area (Å²) in [6.45, 7) is 6.84. The Morgan fingerprint density at radius 3 is 1.18 bits per heavy atom. The Morgan fingerprint density at radius 2 is 0.772 bits per heavy atom. The number of unbranched alkanes of at least 4 members (excludes halogenated alkanes) is 40. The van der Waals surface area contributed by atoms with Gasteiger partial charge in [0.2, 0.25) is 5.91 Å². The average molecular weight is 1130 g/mol. The number of carbonyl (C=O) groups excluding carboxylic acids is 2. The first-order chi connectivity index (χ1) is 38.4. The Labute approximate surface area is 490 Å². The topological polar surface area (TPSA) is 114 Å². The second kappa shape index (κ2) is 59.1. The van der Waals surface area contributed by atoms with Gasteiger partial charge in [0.1, 0.15) is 19.3 Å². The third-order valence-corrected chi connectivity index (χ3v) is 16.2. The van der Waals surface area contributed by atoms with Crippen molar-refractivity contribution < 1.29 is 37.3 Å². The standard InChI is InChI=1S/C69H131N2O7P/c1-7-10-13-16-19-22-25-27-29-31-32-33-34-35-36-37-38-40-42-44-47-50-53-56-59-62-69(73)78-67(60-57-54-51-48-45-24-21-18-15-12-9-3)66(65-77-79(74,75)76-64-63-71(4,5)6)70-68(72)61-58-55-52-49-46-43-41-39-30-28-26-23-20-17-14-11-8-2/h19,22,27-30,57,60,66-67H,7-18,20-21,23-26,31-56,58-59,61-65H2,1-6H3,(H-,70,72,74,75)/b22-19-,29-27-,30-28+,60-57-. The van der Waals surface area contributed by atoms with Crippen molar-refractivity contribution in [1.82, 2.24) is 5.32 Å². The molecule has 10 heteroatoms. The van der Waals surface area contributed by atoms with E-state index in [0.29, 0.717) is 17.4 Å². The average Bonchev–Trinajstić information content (AvgIpc) is 3.41. The van der Waals surface area contributed by atoms with Crippen LogP contribution >= 0.6 is 7.82 Å². The summed E-state index contributed by atoms with van der Waals surface area (Å²) in [5.74, 6) is -0.534. The molecule has 0 radical (unpaired) electrons. The minimum absolute atomic E-state index is 0.0219. The number of hydrogen-bond acceptors (Lipinski definition) is 7. The third kappa shape index (κ3) is 60.4. The lowest BCUT2D eigenvalue weighted by Crippen LogP contribution is -2.47. The van der Waals surface area contributed by atoms with Gasteiger partial charge in [0, 0.05) is 12.8 Å². The lowest BCUT2D eigenvalue weighted by Gasteiger charge is -2.30. The van der Waals surface area contributed by atoms with Crippen LogP contribution in [0.3, 0.4) is 0 Å². The molecule has 0 spiro atoms. The molecule has 0 fully saturated rings. The fraction of sp³-hybridized carbons (Fsp3) is 0.855. The summed E-state index contributed by atoms with van der Waals surface area (Å²) in [5.41, 5.74) is 0. The molecule has 0 aromatic rings. The fourth-order valence-corrected chi connectivity index (χ4v) is 10.7.